The van der Waals surface area contributed by atoms with E-state index in [1.807, 2.05) is 19.1 Å². The van der Waals surface area contributed by atoms with Crippen molar-refractivity contribution in [2.24, 2.45) is 5.73 Å². The Bertz CT molecular complexity index is 352. The molecule has 3 N–H and O–H groups in total. The molecular weight excluding hydrogens is 236 g/mol. The van der Waals surface area contributed by atoms with Gasteiger partial charge in [-0.25, -0.2) is 0 Å². The van der Waals surface area contributed by atoms with Crippen molar-refractivity contribution >= 4 is 17.2 Å². The van der Waals surface area contributed by atoms with E-state index >= 15 is 0 Å². The number of hydrogen-bond acceptors (Lipinski definition) is 4. The van der Waals surface area contributed by atoms with E-state index in [-0.39, 0.29) is 5.91 Å². The number of ether oxygens (including phenoxy) is 1. The monoisotopic (exact) mass is 256 g/mol. The van der Waals surface area contributed by atoms with E-state index < -0.39 is 6.04 Å². The normalized spacial score (nSPS) is 12.4. The van der Waals surface area contributed by atoms with Gasteiger partial charge in [-0.2, -0.15) is 0 Å². The number of nitrogens with two attached hydrogens (primary N) is 1. The molecule has 96 valence electrons. The highest BCUT2D eigenvalue weighted by atomic mass is 32.1. The molecule has 0 aliphatic carbocycles. The molecule has 1 atom stereocenters. The van der Waals surface area contributed by atoms with E-state index in [1.165, 1.54) is 4.88 Å². The van der Waals surface area contributed by atoms with E-state index in [4.69, 9.17) is 10.5 Å². The van der Waals surface area contributed by atoms with Crippen LogP contribution in [0.5, 0.6) is 0 Å². The molecular formula is C12H20N2O2S. The molecule has 1 rings (SSSR count). The third-order valence-electron chi connectivity index (χ3n) is 2.43. The first-order valence-electron chi connectivity index (χ1n) is 5.71. The Kier molecular flexibility index (Phi) is 6.18. The van der Waals surface area contributed by atoms with Crippen molar-refractivity contribution < 1.29 is 9.53 Å². The Balaban J connectivity index is 2.24. The quantitative estimate of drug-likeness (QED) is 0.725. The highest BCUT2D eigenvalue weighted by Crippen LogP contribution is 2.14. The highest BCUT2D eigenvalue weighted by molar-refractivity contribution is 7.11. The number of amides is 1. The molecule has 0 bridgehead atoms. The number of methoxy groups -OCH3 is 1. The van der Waals surface area contributed by atoms with Crippen LogP contribution in [-0.4, -0.2) is 25.7 Å². The third kappa shape index (κ3) is 5.30. The fourth-order valence-corrected chi connectivity index (χ4v) is 2.29. The number of nitrogens with one attached hydrogen (secondary N) is 1. The van der Waals surface area contributed by atoms with Crippen LogP contribution in [0, 0.1) is 6.92 Å². The summed E-state index contributed by atoms with van der Waals surface area (Å²) in [4.78, 5) is 14.0. The Morgan fingerprint density at radius 1 is 1.59 bits per heavy atom. The van der Waals surface area contributed by atoms with Gasteiger partial charge in [0.2, 0.25) is 5.91 Å². The Morgan fingerprint density at radius 2 is 2.35 bits per heavy atom. The van der Waals surface area contributed by atoms with Crippen molar-refractivity contribution in [3.63, 3.8) is 0 Å². The average Bonchev–Trinajstić information content (AvgIpc) is 2.72. The summed E-state index contributed by atoms with van der Waals surface area (Å²) in [6.45, 7) is 3.26. The summed E-state index contributed by atoms with van der Waals surface area (Å²) < 4.78 is 4.92. The van der Waals surface area contributed by atoms with Crippen molar-refractivity contribution in [3.8, 4) is 0 Å². The van der Waals surface area contributed by atoms with Gasteiger partial charge in [0.25, 0.3) is 0 Å². The number of thiophene rings is 1. The van der Waals surface area contributed by atoms with Gasteiger partial charge < -0.3 is 15.8 Å². The maximum Gasteiger partial charge on any atom is 0.237 e. The van der Waals surface area contributed by atoms with Crippen molar-refractivity contribution in [1.29, 1.82) is 0 Å². The molecule has 0 aliphatic heterocycles. The zero-order valence-corrected chi connectivity index (χ0v) is 11.2. The number of carbonyl (C=O) groups is 1. The zero-order valence-electron chi connectivity index (χ0n) is 10.4. The third-order valence-corrected chi connectivity index (χ3v) is 3.43. The van der Waals surface area contributed by atoms with Crippen LogP contribution in [0.15, 0.2) is 12.1 Å². The lowest BCUT2D eigenvalue weighted by Gasteiger charge is -2.11. The van der Waals surface area contributed by atoms with E-state index in [1.54, 1.807) is 18.4 Å². The molecule has 4 nitrogen and oxygen atoms in total. The molecule has 0 saturated heterocycles. The molecule has 0 radical (unpaired) electrons. The minimum Gasteiger partial charge on any atom is -0.385 e. The largest absolute Gasteiger partial charge is 0.385 e. The van der Waals surface area contributed by atoms with Gasteiger partial charge in [-0.1, -0.05) is 0 Å². The summed E-state index contributed by atoms with van der Waals surface area (Å²) in [5.41, 5.74) is 5.76. The molecule has 0 saturated carbocycles. The summed E-state index contributed by atoms with van der Waals surface area (Å²) in [5, 5.41) is 2.84. The van der Waals surface area contributed by atoms with E-state index in [2.05, 4.69) is 5.32 Å². The fourth-order valence-electron chi connectivity index (χ4n) is 1.46. The minimum absolute atomic E-state index is 0.0906. The number of rotatable bonds is 7. The molecule has 0 aromatic carbocycles. The predicted molar refractivity (Wildman–Crippen MR) is 70.0 cm³/mol. The summed E-state index contributed by atoms with van der Waals surface area (Å²) in [6.07, 6.45) is 1.46. The summed E-state index contributed by atoms with van der Waals surface area (Å²) in [5.74, 6) is -0.0906. The van der Waals surface area contributed by atoms with Crippen LogP contribution in [0.4, 0.5) is 0 Å². The number of carbonyl (C=O) groups excluding carboxylic acids is 1. The highest BCUT2D eigenvalue weighted by Gasteiger charge is 2.12. The molecule has 0 aliphatic rings. The zero-order chi connectivity index (χ0) is 12.7. The van der Waals surface area contributed by atoms with Crippen LogP contribution in [0.3, 0.4) is 0 Å². The van der Waals surface area contributed by atoms with Gasteiger partial charge in [0.05, 0.1) is 12.6 Å². The second-order valence-corrected chi connectivity index (χ2v) is 5.34. The van der Waals surface area contributed by atoms with Crippen molar-refractivity contribution in [3.05, 3.63) is 21.9 Å². The van der Waals surface area contributed by atoms with Gasteiger partial charge in [-0.05, 0) is 31.9 Å². The van der Waals surface area contributed by atoms with E-state index in [0.29, 0.717) is 19.6 Å². The molecule has 1 heterocycles. The van der Waals surface area contributed by atoms with Crippen LogP contribution in [0.1, 0.15) is 22.6 Å². The van der Waals surface area contributed by atoms with Crippen LogP contribution < -0.4 is 11.1 Å². The van der Waals surface area contributed by atoms with Crippen molar-refractivity contribution in [2.45, 2.75) is 32.4 Å². The first-order valence-corrected chi connectivity index (χ1v) is 6.52. The van der Waals surface area contributed by atoms with E-state index in [0.717, 1.165) is 11.3 Å². The molecule has 1 aromatic heterocycles. The van der Waals surface area contributed by atoms with Crippen molar-refractivity contribution in [1.82, 2.24) is 5.32 Å². The number of hydrogen-bond donors (Lipinski definition) is 2. The summed E-state index contributed by atoms with van der Waals surface area (Å²) in [6, 6.07) is 3.63. The second kappa shape index (κ2) is 7.42. The Morgan fingerprint density at radius 3 is 2.94 bits per heavy atom. The lowest BCUT2D eigenvalue weighted by molar-refractivity contribution is -0.122. The smallest absolute Gasteiger partial charge is 0.237 e. The van der Waals surface area contributed by atoms with E-state index in [9.17, 15) is 4.79 Å². The first-order chi connectivity index (χ1) is 8.13. The van der Waals surface area contributed by atoms with Crippen LogP contribution in [0.2, 0.25) is 0 Å². The van der Waals surface area contributed by atoms with Crippen molar-refractivity contribution in [2.75, 3.05) is 13.7 Å². The van der Waals surface area contributed by atoms with Gasteiger partial charge in [0.1, 0.15) is 0 Å². The first kappa shape index (κ1) is 14.2. The molecule has 17 heavy (non-hydrogen) atoms. The molecule has 1 amide bonds. The maximum atomic E-state index is 11.6. The standard InChI is InChI=1S/C12H20N2O2S/c1-9-5-6-10(17-9)8-14-12(15)11(13)4-3-7-16-2/h5-6,11H,3-4,7-8,13H2,1-2H3,(H,14,15). The van der Waals surface area contributed by atoms with Gasteiger partial charge in [0, 0.05) is 23.5 Å². The van der Waals surface area contributed by atoms with Gasteiger partial charge in [-0.3, -0.25) is 4.79 Å². The molecule has 1 unspecified atom stereocenters. The Labute approximate surface area is 106 Å². The predicted octanol–water partition coefficient (Wildman–Crippen LogP) is 1.43. The van der Waals surface area contributed by atoms with Gasteiger partial charge in [0.15, 0.2) is 0 Å². The lowest BCUT2D eigenvalue weighted by atomic mass is 10.1. The molecule has 1 aromatic rings. The summed E-state index contributed by atoms with van der Waals surface area (Å²) >= 11 is 1.69. The van der Waals surface area contributed by atoms with Gasteiger partial charge in [-0.15, -0.1) is 11.3 Å². The molecule has 5 heteroatoms. The number of aryl methyl sites for hydroxylation is 1. The lowest BCUT2D eigenvalue weighted by Crippen LogP contribution is -2.40. The topological polar surface area (TPSA) is 64.3 Å². The SMILES string of the molecule is COCCCC(N)C(=O)NCc1ccc(C)s1. The molecule has 0 fully saturated rings. The molecule has 0 spiro atoms. The van der Waals surface area contributed by atoms with Crippen LogP contribution in [0.25, 0.3) is 0 Å². The van der Waals surface area contributed by atoms with Gasteiger partial charge >= 0.3 is 0 Å². The minimum atomic E-state index is -0.439. The second-order valence-electron chi connectivity index (χ2n) is 3.97. The Hall–Kier alpha value is -0.910. The van der Waals surface area contributed by atoms with Crippen LogP contribution >= 0.6 is 11.3 Å². The van der Waals surface area contributed by atoms with Crippen LogP contribution in [-0.2, 0) is 16.1 Å². The fraction of sp³-hybridized carbons (Fsp3) is 0.583. The average molecular weight is 256 g/mol. The summed E-state index contributed by atoms with van der Waals surface area (Å²) in [7, 11) is 1.64. The maximum absolute atomic E-state index is 11.6.